The predicted octanol–water partition coefficient (Wildman–Crippen LogP) is 3.74. The second kappa shape index (κ2) is 9.38. The Hall–Kier alpha value is -3.13. The number of aromatic nitrogens is 4. The number of carbonyl (C=O) groups excluding carboxylic acids is 1. The molecule has 0 aliphatic carbocycles. The number of halogens is 1. The molecule has 3 rings (SSSR count). The van der Waals surface area contributed by atoms with E-state index in [2.05, 4.69) is 20.8 Å². The van der Waals surface area contributed by atoms with Crippen molar-refractivity contribution < 1.29 is 14.3 Å². The first kappa shape index (κ1) is 20.6. The second-order valence-corrected chi connectivity index (χ2v) is 6.87. The van der Waals surface area contributed by atoms with E-state index >= 15 is 0 Å². The third-order valence-corrected chi connectivity index (χ3v) is 4.49. The number of nitrogens with zero attached hydrogens (tertiary/aromatic N) is 4. The van der Waals surface area contributed by atoms with Crippen LogP contribution in [-0.4, -0.2) is 39.8 Å². The second-order valence-electron chi connectivity index (χ2n) is 6.43. The smallest absolute Gasteiger partial charge is 0.224 e. The van der Waals surface area contributed by atoms with E-state index in [1.54, 1.807) is 43.0 Å². The molecular weight excluding hydrogens is 394 g/mol. The third-order valence-electron chi connectivity index (χ3n) is 4.26. The van der Waals surface area contributed by atoms with E-state index in [9.17, 15) is 4.79 Å². The Morgan fingerprint density at radius 3 is 2.66 bits per heavy atom. The van der Waals surface area contributed by atoms with E-state index < -0.39 is 0 Å². The summed E-state index contributed by atoms with van der Waals surface area (Å²) in [5.74, 6) is 1.88. The lowest BCUT2D eigenvalue weighted by molar-refractivity contribution is -0.116. The molecule has 8 nitrogen and oxygen atoms in total. The minimum absolute atomic E-state index is 0.106. The van der Waals surface area contributed by atoms with Crippen molar-refractivity contribution in [2.75, 3.05) is 19.0 Å². The van der Waals surface area contributed by atoms with Gasteiger partial charge in [0.25, 0.3) is 0 Å². The van der Waals surface area contributed by atoms with Crippen LogP contribution in [0.25, 0.3) is 5.69 Å². The number of carbonyl (C=O) groups is 1. The summed E-state index contributed by atoms with van der Waals surface area (Å²) >= 11 is 5.94. The van der Waals surface area contributed by atoms with E-state index in [4.69, 9.17) is 21.1 Å². The van der Waals surface area contributed by atoms with Gasteiger partial charge in [0, 0.05) is 17.1 Å². The van der Waals surface area contributed by atoms with Gasteiger partial charge in [0.2, 0.25) is 5.91 Å². The van der Waals surface area contributed by atoms with Crippen LogP contribution in [0.2, 0.25) is 5.02 Å². The standard InChI is InChI=1S/C20H22ClN5O3/c1-13-11-15(21)6-8-18(13)29-10-4-5-20(27)22-16-7-9-19(28-3)17(12-16)26-14(2)23-24-25-26/h6-9,11-12H,4-5,10H2,1-3H3,(H,22,27). The van der Waals surface area contributed by atoms with Gasteiger partial charge in [-0.05, 0) is 72.7 Å². The summed E-state index contributed by atoms with van der Waals surface area (Å²) in [6, 6.07) is 10.8. The Kier molecular flexibility index (Phi) is 6.66. The summed E-state index contributed by atoms with van der Waals surface area (Å²) in [5, 5.41) is 15.0. The Labute approximate surface area is 173 Å². The number of benzene rings is 2. The first-order valence-electron chi connectivity index (χ1n) is 9.10. The number of amides is 1. The molecule has 0 unspecified atom stereocenters. The van der Waals surface area contributed by atoms with Gasteiger partial charge < -0.3 is 14.8 Å². The molecule has 0 saturated heterocycles. The fourth-order valence-electron chi connectivity index (χ4n) is 2.80. The van der Waals surface area contributed by atoms with Crippen LogP contribution in [0, 0.1) is 13.8 Å². The minimum Gasteiger partial charge on any atom is -0.494 e. The molecule has 0 aliphatic heterocycles. The summed E-state index contributed by atoms with van der Waals surface area (Å²) in [4.78, 5) is 12.3. The predicted molar refractivity (Wildman–Crippen MR) is 110 cm³/mol. The zero-order chi connectivity index (χ0) is 20.8. The van der Waals surface area contributed by atoms with Crippen LogP contribution in [-0.2, 0) is 4.79 Å². The largest absolute Gasteiger partial charge is 0.494 e. The van der Waals surface area contributed by atoms with Gasteiger partial charge in [0.05, 0.1) is 13.7 Å². The summed E-state index contributed by atoms with van der Waals surface area (Å²) < 4.78 is 12.6. The Balaban J connectivity index is 1.56. The molecule has 29 heavy (non-hydrogen) atoms. The number of hydrogen-bond acceptors (Lipinski definition) is 6. The molecule has 2 aromatic carbocycles. The molecule has 1 N–H and O–H groups in total. The average Bonchev–Trinajstić information content (AvgIpc) is 3.12. The molecule has 0 saturated carbocycles. The topological polar surface area (TPSA) is 91.2 Å². The molecule has 0 aliphatic rings. The molecule has 0 atom stereocenters. The van der Waals surface area contributed by atoms with E-state index in [0.717, 1.165) is 11.3 Å². The Morgan fingerprint density at radius 2 is 1.97 bits per heavy atom. The van der Waals surface area contributed by atoms with Gasteiger partial charge in [0.15, 0.2) is 5.82 Å². The summed E-state index contributed by atoms with van der Waals surface area (Å²) in [6.07, 6.45) is 0.918. The average molecular weight is 416 g/mol. The van der Waals surface area contributed by atoms with Crippen molar-refractivity contribution in [3.8, 4) is 17.2 Å². The normalized spacial score (nSPS) is 10.6. The van der Waals surface area contributed by atoms with Crippen LogP contribution in [0.15, 0.2) is 36.4 Å². The maximum absolute atomic E-state index is 12.3. The zero-order valence-electron chi connectivity index (χ0n) is 16.5. The SMILES string of the molecule is COc1ccc(NC(=O)CCCOc2ccc(Cl)cc2C)cc1-n1nnnc1C. The first-order chi connectivity index (χ1) is 14.0. The van der Waals surface area contributed by atoms with Gasteiger partial charge in [0.1, 0.15) is 17.2 Å². The van der Waals surface area contributed by atoms with Crippen LogP contribution < -0.4 is 14.8 Å². The molecule has 1 heterocycles. The molecule has 152 valence electrons. The van der Waals surface area contributed by atoms with Crippen LogP contribution >= 0.6 is 11.6 Å². The highest BCUT2D eigenvalue weighted by Crippen LogP contribution is 2.26. The number of aryl methyl sites for hydroxylation is 2. The van der Waals surface area contributed by atoms with Gasteiger partial charge in [-0.1, -0.05) is 11.6 Å². The number of nitrogens with one attached hydrogen (secondary N) is 1. The van der Waals surface area contributed by atoms with Crippen molar-refractivity contribution in [2.45, 2.75) is 26.7 Å². The molecule has 1 aromatic heterocycles. The fourth-order valence-corrected chi connectivity index (χ4v) is 3.03. The van der Waals surface area contributed by atoms with Gasteiger partial charge >= 0.3 is 0 Å². The number of hydrogen-bond donors (Lipinski definition) is 1. The number of anilines is 1. The first-order valence-corrected chi connectivity index (χ1v) is 9.48. The molecule has 1 amide bonds. The van der Waals surface area contributed by atoms with Crippen molar-refractivity contribution in [1.82, 2.24) is 20.2 Å². The number of ether oxygens (including phenoxy) is 2. The summed E-state index contributed by atoms with van der Waals surface area (Å²) in [7, 11) is 1.57. The van der Waals surface area contributed by atoms with Crippen molar-refractivity contribution in [3.63, 3.8) is 0 Å². The number of rotatable bonds is 8. The monoisotopic (exact) mass is 415 g/mol. The number of methoxy groups -OCH3 is 1. The molecule has 0 radical (unpaired) electrons. The lowest BCUT2D eigenvalue weighted by Gasteiger charge is -2.12. The molecular formula is C20H22ClN5O3. The minimum atomic E-state index is -0.106. The molecule has 3 aromatic rings. The molecule has 9 heteroatoms. The van der Waals surface area contributed by atoms with E-state index in [1.165, 1.54) is 0 Å². The van der Waals surface area contributed by atoms with E-state index in [0.29, 0.717) is 47.4 Å². The lowest BCUT2D eigenvalue weighted by atomic mass is 10.2. The third kappa shape index (κ3) is 5.23. The van der Waals surface area contributed by atoms with Gasteiger partial charge in [-0.2, -0.15) is 4.68 Å². The molecule has 0 bridgehead atoms. The van der Waals surface area contributed by atoms with E-state index in [1.807, 2.05) is 19.1 Å². The van der Waals surface area contributed by atoms with Crippen molar-refractivity contribution >= 4 is 23.2 Å². The Morgan fingerprint density at radius 1 is 1.17 bits per heavy atom. The summed E-state index contributed by atoms with van der Waals surface area (Å²) in [5.41, 5.74) is 2.25. The molecule has 0 spiro atoms. The quantitative estimate of drug-likeness (QED) is 0.563. The number of tetrazole rings is 1. The molecule has 0 fully saturated rings. The van der Waals surface area contributed by atoms with E-state index in [-0.39, 0.29) is 5.91 Å². The van der Waals surface area contributed by atoms with Crippen molar-refractivity contribution in [3.05, 3.63) is 52.8 Å². The van der Waals surface area contributed by atoms with Crippen molar-refractivity contribution in [1.29, 1.82) is 0 Å². The summed E-state index contributed by atoms with van der Waals surface area (Å²) in [6.45, 7) is 4.15. The van der Waals surface area contributed by atoms with Gasteiger partial charge in [-0.3, -0.25) is 4.79 Å². The van der Waals surface area contributed by atoms with Gasteiger partial charge in [-0.25, -0.2) is 0 Å². The fraction of sp³-hybridized carbons (Fsp3) is 0.300. The van der Waals surface area contributed by atoms with Gasteiger partial charge in [-0.15, -0.1) is 5.10 Å². The zero-order valence-corrected chi connectivity index (χ0v) is 17.2. The van der Waals surface area contributed by atoms with Crippen LogP contribution in [0.4, 0.5) is 5.69 Å². The highest BCUT2D eigenvalue weighted by molar-refractivity contribution is 6.30. The highest BCUT2D eigenvalue weighted by atomic mass is 35.5. The highest BCUT2D eigenvalue weighted by Gasteiger charge is 2.12. The Bertz CT molecular complexity index is 1010. The van der Waals surface area contributed by atoms with Crippen LogP contribution in [0.3, 0.4) is 0 Å². The maximum atomic E-state index is 12.3. The van der Waals surface area contributed by atoms with Crippen LogP contribution in [0.5, 0.6) is 11.5 Å². The lowest BCUT2D eigenvalue weighted by Crippen LogP contribution is -2.13. The van der Waals surface area contributed by atoms with Crippen LogP contribution in [0.1, 0.15) is 24.2 Å². The maximum Gasteiger partial charge on any atom is 0.224 e. The van der Waals surface area contributed by atoms with Crippen molar-refractivity contribution in [2.24, 2.45) is 0 Å².